The lowest BCUT2D eigenvalue weighted by atomic mass is 10.2. The highest BCUT2D eigenvalue weighted by molar-refractivity contribution is 7.71. The molecule has 1 aromatic carbocycles. The fraction of sp³-hybridized carbons (Fsp3) is 0.533. The van der Waals surface area contributed by atoms with Crippen LogP contribution in [0.25, 0.3) is 11.0 Å². The lowest BCUT2D eigenvalue weighted by molar-refractivity contribution is 0.314. The molecule has 1 unspecified atom stereocenters. The summed E-state index contributed by atoms with van der Waals surface area (Å²) in [4.78, 5) is 6.00. The Kier molecular flexibility index (Phi) is 2.57. The summed E-state index contributed by atoms with van der Waals surface area (Å²) in [6.45, 7) is 4.52. The third-order valence-corrected chi connectivity index (χ3v) is 4.79. The Labute approximate surface area is 118 Å². The maximum Gasteiger partial charge on any atom is 0.178 e. The van der Waals surface area contributed by atoms with Crippen molar-refractivity contribution in [2.45, 2.75) is 38.3 Å². The summed E-state index contributed by atoms with van der Waals surface area (Å²) in [5.41, 5.74) is 3.72. The minimum atomic E-state index is 0.546. The van der Waals surface area contributed by atoms with Crippen molar-refractivity contribution in [3.05, 3.63) is 28.5 Å². The fourth-order valence-electron chi connectivity index (χ4n) is 3.36. The highest BCUT2D eigenvalue weighted by Crippen LogP contribution is 2.34. The molecule has 2 aromatic rings. The Hall–Kier alpha value is -1.13. The first-order chi connectivity index (χ1) is 9.22. The average Bonchev–Trinajstić information content (AvgIpc) is 3.02. The lowest BCUT2D eigenvalue weighted by Crippen LogP contribution is -2.23. The summed E-state index contributed by atoms with van der Waals surface area (Å²) in [6.07, 6.45) is 4.02. The van der Waals surface area contributed by atoms with Crippen molar-refractivity contribution < 1.29 is 0 Å². The van der Waals surface area contributed by atoms with E-state index in [2.05, 4.69) is 39.6 Å². The molecule has 19 heavy (non-hydrogen) atoms. The van der Waals surface area contributed by atoms with Gasteiger partial charge in [0.25, 0.3) is 0 Å². The molecule has 1 aliphatic carbocycles. The normalized spacial score (nSPS) is 24.4. The zero-order valence-electron chi connectivity index (χ0n) is 11.2. The molecule has 1 atom stereocenters. The number of fused-ring (bicyclic) bond motifs is 1. The Bertz CT molecular complexity index is 680. The molecule has 0 amide bonds. The van der Waals surface area contributed by atoms with Gasteiger partial charge in [0.1, 0.15) is 0 Å². The first kappa shape index (κ1) is 11.7. The first-order valence-electron chi connectivity index (χ1n) is 7.17. The lowest BCUT2D eigenvalue weighted by Gasteiger charge is -2.16. The van der Waals surface area contributed by atoms with Crippen LogP contribution in [0.2, 0.25) is 0 Å². The number of hydrogen-bond donors (Lipinski definition) is 1. The van der Waals surface area contributed by atoms with Gasteiger partial charge in [0.2, 0.25) is 0 Å². The Morgan fingerprint density at radius 1 is 1.21 bits per heavy atom. The van der Waals surface area contributed by atoms with Gasteiger partial charge in [-0.15, -0.1) is 0 Å². The van der Waals surface area contributed by atoms with Crippen molar-refractivity contribution in [1.82, 2.24) is 14.5 Å². The molecule has 2 aliphatic rings. The van der Waals surface area contributed by atoms with Crippen molar-refractivity contribution in [2.75, 3.05) is 13.1 Å². The van der Waals surface area contributed by atoms with Crippen molar-refractivity contribution in [1.29, 1.82) is 0 Å². The molecular formula is C15H19N3S. The maximum atomic E-state index is 5.54. The molecular weight excluding hydrogens is 254 g/mol. The van der Waals surface area contributed by atoms with E-state index in [1.165, 1.54) is 48.9 Å². The van der Waals surface area contributed by atoms with E-state index in [9.17, 15) is 0 Å². The standard InChI is InChI=1S/C15H19N3S/c1-10-2-5-14-13(8-10)16-15(19)18(14)12-6-7-17(9-12)11-3-4-11/h2,5,8,11-12H,3-4,6-7,9H2,1H3,(H,16,19). The zero-order chi connectivity index (χ0) is 13.0. The quantitative estimate of drug-likeness (QED) is 0.848. The SMILES string of the molecule is Cc1ccc2c(c1)[nH]c(=S)n2C1CCN(C2CC2)C1. The van der Waals surface area contributed by atoms with Crippen LogP contribution in [-0.2, 0) is 0 Å². The van der Waals surface area contributed by atoms with E-state index in [0.29, 0.717) is 6.04 Å². The van der Waals surface area contributed by atoms with Crippen LogP contribution in [-0.4, -0.2) is 33.6 Å². The number of imidazole rings is 1. The third kappa shape index (κ3) is 1.94. The highest BCUT2D eigenvalue weighted by Gasteiger charge is 2.35. The molecule has 4 heteroatoms. The zero-order valence-corrected chi connectivity index (χ0v) is 12.0. The van der Waals surface area contributed by atoms with Crippen LogP contribution in [0.5, 0.6) is 0 Å². The van der Waals surface area contributed by atoms with Gasteiger partial charge < -0.3 is 9.55 Å². The van der Waals surface area contributed by atoms with Gasteiger partial charge in [-0.2, -0.15) is 0 Å². The molecule has 1 aromatic heterocycles. The summed E-state index contributed by atoms with van der Waals surface area (Å²) < 4.78 is 3.22. The molecule has 4 rings (SSSR count). The molecule has 0 bridgehead atoms. The second-order valence-electron chi connectivity index (χ2n) is 5.99. The summed E-state index contributed by atoms with van der Waals surface area (Å²) in [5.74, 6) is 0. The number of nitrogens with one attached hydrogen (secondary N) is 1. The Morgan fingerprint density at radius 3 is 2.84 bits per heavy atom. The highest BCUT2D eigenvalue weighted by atomic mass is 32.1. The summed E-state index contributed by atoms with van der Waals surface area (Å²) in [7, 11) is 0. The van der Waals surface area contributed by atoms with E-state index in [4.69, 9.17) is 12.2 Å². The maximum absolute atomic E-state index is 5.54. The number of nitrogens with zero attached hydrogens (tertiary/aromatic N) is 2. The summed E-state index contributed by atoms with van der Waals surface area (Å²) >= 11 is 5.54. The summed E-state index contributed by atoms with van der Waals surface area (Å²) in [6, 6.07) is 7.98. The molecule has 1 saturated heterocycles. The topological polar surface area (TPSA) is 24.0 Å². The monoisotopic (exact) mass is 273 g/mol. The number of H-pyrrole nitrogens is 1. The predicted octanol–water partition coefficient (Wildman–Crippen LogP) is 3.42. The van der Waals surface area contributed by atoms with Crippen molar-refractivity contribution in [3.8, 4) is 0 Å². The van der Waals surface area contributed by atoms with Crippen LogP contribution >= 0.6 is 12.2 Å². The van der Waals surface area contributed by atoms with Gasteiger partial charge >= 0.3 is 0 Å². The Morgan fingerprint density at radius 2 is 2.05 bits per heavy atom. The minimum Gasteiger partial charge on any atom is -0.331 e. The molecule has 3 nitrogen and oxygen atoms in total. The Balaban J connectivity index is 1.74. The van der Waals surface area contributed by atoms with E-state index in [1.807, 2.05) is 0 Å². The molecule has 2 fully saturated rings. The minimum absolute atomic E-state index is 0.546. The number of aromatic amines is 1. The van der Waals surface area contributed by atoms with Gasteiger partial charge in [0.15, 0.2) is 4.77 Å². The van der Waals surface area contributed by atoms with Crippen LogP contribution in [0.3, 0.4) is 0 Å². The van der Waals surface area contributed by atoms with Crippen LogP contribution in [0.1, 0.15) is 30.9 Å². The number of likely N-dealkylation sites (tertiary alicyclic amines) is 1. The van der Waals surface area contributed by atoms with Crippen molar-refractivity contribution in [3.63, 3.8) is 0 Å². The third-order valence-electron chi connectivity index (χ3n) is 4.50. The number of hydrogen-bond acceptors (Lipinski definition) is 2. The van der Waals surface area contributed by atoms with E-state index >= 15 is 0 Å². The van der Waals surface area contributed by atoms with Crippen LogP contribution in [0, 0.1) is 11.7 Å². The van der Waals surface area contributed by atoms with E-state index in [0.717, 1.165) is 10.8 Å². The molecule has 1 aliphatic heterocycles. The number of rotatable bonds is 2. The molecule has 2 heterocycles. The van der Waals surface area contributed by atoms with Gasteiger partial charge in [0.05, 0.1) is 17.1 Å². The molecule has 1 saturated carbocycles. The van der Waals surface area contributed by atoms with Crippen LogP contribution < -0.4 is 0 Å². The molecule has 100 valence electrons. The van der Waals surface area contributed by atoms with E-state index in [-0.39, 0.29) is 0 Å². The number of benzene rings is 1. The smallest absolute Gasteiger partial charge is 0.178 e. The largest absolute Gasteiger partial charge is 0.331 e. The van der Waals surface area contributed by atoms with Gasteiger partial charge in [-0.1, -0.05) is 6.07 Å². The average molecular weight is 273 g/mol. The van der Waals surface area contributed by atoms with Gasteiger partial charge in [-0.25, -0.2) is 0 Å². The van der Waals surface area contributed by atoms with Crippen molar-refractivity contribution >= 4 is 23.3 Å². The number of aromatic nitrogens is 2. The second-order valence-corrected chi connectivity index (χ2v) is 6.38. The predicted molar refractivity (Wildman–Crippen MR) is 80.1 cm³/mol. The summed E-state index contributed by atoms with van der Waals surface area (Å²) in [5, 5.41) is 0. The molecule has 1 N–H and O–H groups in total. The van der Waals surface area contributed by atoms with E-state index < -0.39 is 0 Å². The van der Waals surface area contributed by atoms with E-state index in [1.54, 1.807) is 0 Å². The molecule has 0 radical (unpaired) electrons. The van der Waals surface area contributed by atoms with Gasteiger partial charge in [-0.3, -0.25) is 4.90 Å². The number of aryl methyl sites for hydroxylation is 1. The fourth-order valence-corrected chi connectivity index (χ4v) is 3.71. The van der Waals surface area contributed by atoms with Crippen LogP contribution in [0.4, 0.5) is 0 Å². The van der Waals surface area contributed by atoms with Crippen molar-refractivity contribution in [2.24, 2.45) is 0 Å². The first-order valence-corrected chi connectivity index (χ1v) is 7.58. The van der Waals surface area contributed by atoms with Crippen LogP contribution in [0.15, 0.2) is 18.2 Å². The van der Waals surface area contributed by atoms with Gasteiger partial charge in [-0.05, 0) is 56.1 Å². The van der Waals surface area contributed by atoms with Gasteiger partial charge in [0, 0.05) is 19.1 Å². The second kappa shape index (κ2) is 4.18. The molecule has 0 spiro atoms.